The number of hydrogen-bond acceptors (Lipinski definition) is 3. The van der Waals surface area contributed by atoms with Crippen molar-refractivity contribution in [2.24, 2.45) is 0 Å². The summed E-state index contributed by atoms with van der Waals surface area (Å²) in [7, 11) is 0. The molecule has 0 aliphatic rings. The number of hydrogen-bond donors (Lipinski definition) is 0. The SMILES string of the molecule is CC(C)c1ccn(-c2cccnc2C#N)n1. The summed E-state index contributed by atoms with van der Waals surface area (Å²) in [6.45, 7) is 4.17. The topological polar surface area (TPSA) is 54.5 Å². The van der Waals surface area contributed by atoms with Gasteiger partial charge >= 0.3 is 0 Å². The molecule has 2 aromatic rings. The van der Waals surface area contributed by atoms with Crippen LogP contribution in [0.25, 0.3) is 5.69 Å². The summed E-state index contributed by atoms with van der Waals surface area (Å²) in [5.74, 6) is 0.378. The zero-order chi connectivity index (χ0) is 11.5. The van der Waals surface area contributed by atoms with Gasteiger partial charge in [-0.15, -0.1) is 0 Å². The second kappa shape index (κ2) is 4.15. The van der Waals surface area contributed by atoms with Crippen molar-refractivity contribution in [3.63, 3.8) is 0 Å². The van der Waals surface area contributed by atoms with Crippen LogP contribution in [0.1, 0.15) is 31.2 Å². The van der Waals surface area contributed by atoms with Gasteiger partial charge in [0.1, 0.15) is 11.8 Å². The Balaban J connectivity index is 2.47. The molecule has 0 unspecified atom stereocenters. The first kappa shape index (κ1) is 10.4. The van der Waals surface area contributed by atoms with Gasteiger partial charge < -0.3 is 0 Å². The highest BCUT2D eigenvalue weighted by molar-refractivity contribution is 5.43. The highest BCUT2D eigenvalue weighted by Gasteiger charge is 2.08. The molecule has 0 aromatic carbocycles. The zero-order valence-corrected chi connectivity index (χ0v) is 9.25. The highest BCUT2D eigenvalue weighted by Crippen LogP contribution is 2.15. The van der Waals surface area contributed by atoms with Crippen LogP contribution in [0.5, 0.6) is 0 Å². The molecule has 0 bridgehead atoms. The lowest BCUT2D eigenvalue weighted by atomic mass is 10.1. The van der Waals surface area contributed by atoms with Crippen molar-refractivity contribution in [2.75, 3.05) is 0 Å². The Hall–Kier alpha value is -2.15. The summed E-state index contributed by atoms with van der Waals surface area (Å²) >= 11 is 0. The molecule has 4 heteroatoms. The number of nitrogens with zero attached hydrogens (tertiary/aromatic N) is 4. The number of rotatable bonds is 2. The van der Waals surface area contributed by atoms with Gasteiger partial charge in [0.25, 0.3) is 0 Å². The summed E-state index contributed by atoms with van der Waals surface area (Å²) in [5.41, 5.74) is 2.12. The van der Waals surface area contributed by atoms with Gasteiger partial charge in [-0.25, -0.2) is 9.67 Å². The monoisotopic (exact) mass is 212 g/mol. The van der Waals surface area contributed by atoms with Crippen LogP contribution in [-0.2, 0) is 0 Å². The molecule has 0 amide bonds. The highest BCUT2D eigenvalue weighted by atomic mass is 15.3. The Morgan fingerprint density at radius 3 is 2.81 bits per heavy atom. The molecule has 2 heterocycles. The predicted molar refractivity (Wildman–Crippen MR) is 60.2 cm³/mol. The molecule has 0 radical (unpaired) electrons. The minimum absolute atomic E-state index is 0.378. The molecule has 0 aliphatic carbocycles. The van der Waals surface area contributed by atoms with E-state index in [-0.39, 0.29) is 0 Å². The van der Waals surface area contributed by atoms with E-state index in [0.717, 1.165) is 11.4 Å². The molecule has 80 valence electrons. The van der Waals surface area contributed by atoms with E-state index in [1.165, 1.54) is 0 Å². The van der Waals surface area contributed by atoms with E-state index < -0.39 is 0 Å². The largest absolute Gasteiger partial charge is 0.243 e. The molecule has 0 N–H and O–H groups in total. The van der Waals surface area contributed by atoms with Crippen LogP contribution in [-0.4, -0.2) is 14.8 Å². The summed E-state index contributed by atoms with van der Waals surface area (Å²) < 4.78 is 1.70. The van der Waals surface area contributed by atoms with Gasteiger partial charge in [-0.05, 0) is 24.1 Å². The lowest BCUT2D eigenvalue weighted by molar-refractivity contribution is 0.765. The second-order valence-corrected chi connectivity index (χ2v) is 3.82. The normalized spacial score (nSPS) is 10.4. The number of pyridine rings is 1. The smallest absolute Gasteiger partial charge is 0.166 e. The first-order chi connectivity index (χ1) is 7.72. The Morgan fingerprint density at radius 2 is 2.19 bits per heavy atom. The van der Waals surface area contributed by atoms with Gasteiger partial charge in [0.15, 0.2) is 5.69 Å². The molecule has 0 saturated heterocycles. The maximum Gasteiger partial charge on any atom is 0.166 e. The molecule has 0 spiro atoms. The van der Waals surface area contributed by atoms with E-state index in [4.69, 9.17) is 5.26 Å². The van der Waals surface area contributed by atoms with E-state index in [0.29, 0.717) is 11.6 Å². The van der Waals surface area contributed by atoms with Gasteiger partial charge in [-0.2, -0.15) is 10.4 Å². The molecular weight excluding hydrogens is 200 g/mol. The van der Waals surface area contributed by atoms with Crippen LogP contribution in [0, 0.1) is 11.3 Å². The average molecular weight is 212 g/mol. The second-order valence-electron chi connectivity index (χ2n) is 3.82. The first-order valence-electron chi connectivity index (χ1n) is 5.13. The third kappa shape index (κ3) is 1.80. The van der Waals surface area contributed by atoms with E-state index >= 15 is 0 Å². The molecule has 0 fully saturated rings. The number of nitriles is 1. The quantitative estimate of drug-likeness (QED) is 0.767. The van der Waals surface area contributed by atoms with Gasteiger partial charge in [-0.3, -0.25) is 0 Å². The first-order valence-corrected chi connectivity index (χ1v) is 5.13. The molecule has 0 atom stereocenters. The molecule has 0 saturated carbocycles. The molecule has 4 nitrogen and oxygen atoms in total. The van der Waals surface area contributed by atoms with Crippen molar-refractivity contribution in [3.8, 4) is 11.8 Å². The summed E-state index contributed by atoms with van der Waals surface area (Å²) in [6, 6.07) is 7.65. The van der Waals surface area contributed by atoms with Crippen LogP contribution in [0.2, 0.25) is 0 Å². The number of aromatic nitrogens is 3. The summed E-state index contributed by atoms with van der Waals surface area (Å²) in [6.07, 6.45) is 3.46. The standard InChI is InChI=1S/C12H12N4/c1-9(2)10-5-7-16(15-10)12-4-3-6-14-11(12)8-13/h3-7,9H,1-2H3. The van der Waals surface area contributed by atoms with Crippen LogP contribution >= 0.6 is 0 Å². The maximum atomic E-state index is 8.94. The van der Waals surface area contributed by atoms with Crippen molar-refractivity contribution in [3.05, 3.63) is 42.0 Å². The van der Waals surface area contributed by atoms with Crippen LogP contribution in [0.4, 0.5) is 0 Å². The third-order valence-electron chi connectivity index (χ3n) is 2.34. The van der Waals surface area contributed by atoms with Crippen molar-refractivity contribution in [1.82, 2.24) is 14.8 Å². The van der Waals surface area contributed by atoms with Crippen molar-refractivity contribution in [2.45, 2.75) is 19.8 Å². The minimum atomic E-state index is 0.378. The molecular formula is C12H12N4. The van der Waals surface area contributed by atoms with E-state index in [1.54, 1.807) is 16.9 Å². The summed E-state index contributed by atoms with van der Waals surface area (Å²) in [5, 5.41) is 13.4. The van der Waals surface area contributed by atoms with Crippen molar-refractivity contribution in [1.29, 1.82) is 5.26 Å². The van der Waals surface area contributed by atoms with Crippen LogP contribution in [0.3, 0.4) is 0 Å². The van der Waals surface area contributed by atoms with E-state index in [9.17, 15) is 0 Å². The summed E-state index contributed by atoms with van der Waals surface area (Å²) in [4.78, 5) is 4.01. The molecule has 0 aliphatic heterocycles. The Kier molecular flexibility index (Phi) is 2.69. The Labute approximate surface area is 94.2 Å². The fourth-order valence-electron chi connectivity index (χ4n) is 1.45. The van der Waals surface area contributed by atoms with E-state index in [2.05, 4.69) is 30.0 Å². The fraction of sp³-hybridized carbons (Fsp3) is 0.250. The Morgan fingerprint density at radius 1 is 1.38 bits per heavy atom. The third-order valence-corrected chi connectivity index (χ3v) is 2.34. The van der Waals surface area contributed by atoms with Gasteiger partial charge in [0.05, 0.1) is 5.69 Å². The fourth-order valence-corrected chi connectivity index (χ4v) is 1.45. The van der Waals surface area contributed by atoms with Gasteiger partial charge in [0.2, 0.25) is 0 Å². The maximum absolute atomic E-state index is 8.94. The molecule has 2 aromatic heterocycles. The Bertz CT molecular complexity index is 534. The molecule has 2 rings (SSSR count). The van der Waals surface area contributed by atoms with Crippen molar-refractivity contribution < 1.29 is 0 Å². The zero-order valence-electron chi connectivity index (χ0n) is 9.25. The lowest BCUT2D eigenvalue weighted by Crippen LogP contribution is -2.01. The average Bonchev–Trinajstić information content (AvgIpc) is 2.78. The van der Waals surface area contributed by atoms with Crippen LogP contribution in [0.15, 0.2) is 30.6 Å². The van der Waals surface area contributed by atoms with Crippen molar-refractivity contribution >= 4 is 0 Å². The predicted octanol–water partition coefficient (Wildman–Crippen LogP) is 2.26. The van der Waals surface area contributed by atoms with E-state index in [1.807, 2.05) is 18.3 Å². The molecule has 16 heavy (non-hydrogen) atoms. The minimum Gasteiger partial charge on any atom is -0.243 e. The van der Waals surface area contributed by atoms with Gasteiger partial charge in [0, 0.05) is 12.4 Å². The van der Waals surface area contributed by atoms with Crippen LogP contribution < -0.4 is 0 Å². The lowest BCUT2D eigenvalue weighted by Gasteiger charge is -2.03. The van der Waals surface area contributed by atoms with Gasteiger partial charge in [-0.1, -0.05) is 13.8 Å².